The number of rotatable bonds is 0. The van der Waals surface area contributed by atoms with Crippen LogP contribution in [0.3, 0.4) is 0 Å². The Hall–Kier alpha value is 0.0400. The Morgan fingerprint density at radius 1 is 1.50 bits per heavy atom. The lowest BCUT2D eigenvalue weighted by Crippen LogP contribution is -1.75. The van der Waals surface area contributed by atoms with Crippen LogP contribution in [0.1, 0.15) is 0 Å². The van der Waals surface area contributed by atoms with Gasteiger partial charge in [0.2, 0.25) is 0 Å². The molecular weight excluding hydrogens is 236 g/mol. The van der Waals surface area contributed by atoms with Gasteiger partial charge in [-0.25, -0.2) is 0 Å². The van der Waals surface area contributed by atoms with Crippen molar-refractivity contribution in [2.75, 3.05) is 0 Å². The van der Waals surface area contributed by atoms with Crippen molar-refractivity contribution >= 4 is 32.9 Å². The van der Waals surface area contributed by atoms with Crippen molar-refractivity contribution in [2.45, 2.75) is 0 Å². The van der Waals surface area contributed by atoms with Crippen LogP contribution >= 0.6 is 32.9 Å². The highest BCUT2D eigenvalue weighted by Crippen LogP contribution is 1.98. The fourth-order valence-electron chi connectivity index (χ4n) is 0.283. The van der Waals surface area contributed by atoms with Gasteiger partial charge in [0.1, 0.15) is 4.60 Å². The summed E-state index contributed by atoms with van der Waals surface area (Å²) in [6.07, 6.45) is 1.63. The standard InChI is InChI=1S/C4H3BrN2.BrH/c5-4-2-1-3-6-7-4;/h1-3H;1H. The van der Waals surface area contributed by atoms with Crippen LogP contribution < -0.4 is 0 Å². The first-order valence-electron chi connectivity index (χ1n) is 1.83. The fraction of sp³-hybridized carbons (Fsp3) is 0. The fourth-order valence-corrected chi connectivity index (χ4v) is 0.527. The molecule has 0 spiro atoms. The summed E-state index contributed by atoms with van der Waals surface area (Å²) in [4.78, 5) is 0. The minimum Gasteiger partial charge on any atom is -0.158 e. The maximum absolute atomic E-state index is 3.65. The quantitative estimate of drug-likeness (QED) is 0.691. The average molecular weight is 240 g/mol. The SMILES string of the molecule is Br.Brc1cccnn1. The molecule has 0 saturated heterocycles. The van der Waals surface area contributed by atoms with Crippen LogP contribution in [0.25, 0.3) is 0 Å². The van der Waals surface area contributed by atoms with Crippen LogP contribution in [0.4, 0.5) is 0 Å². The maximum Gasteiger partial charge on any atom is 0.128 e. The summed E-state index contributed by atoms with van der Waals surface area (Å²) >= 11 is 3.14. The van der Waals surface area contributed by atoms with Crippen molar-refractivity contribution in [3.63, 3.8) is 0 Å². The van der Waals surface area contributed by atoms with Gasteiger partial charge in [0.25, 0.3) is 0 Å². The molecule has 1 heterocycles. The molecule has 1 rings (SSSR count). The second-order valence-electron chi connectivity index (χ2n) is 1.05. The predicted molar refractivity (Wildman–Crippen MR) is 40.1 cm³/mol. The Morgan fingerprint density at radius 3 is 2.50 bits per heavy atom. The zero-order chi connectivity index (χ0) is 5.11. The molecule has 44 valence electrons. The normalized spacial score (nSPS) is 7.62. The summed E-state index contributed by atoms with van der Waals surface area (Å²) in [6, 6.07) is 3.64. The zero-order valence-electron chi connectivity index (χ0n) is 3.91. The molecule has 2 nitrogen and oxygen atoms in total. The number of aromatic nitrogens is 2. The first-order valence-corrected chi connectivity index (χ1v) is 2.62. The van der Waals surface area contributed by atoms with Gasteiger partial charge in [-0.05, 0) is 28.1 Å². The molecule has 0 aliphatic heterocycles. The molecular formula is C4H4Br2N2. The third-order valence-electron chi connectivity index (χ3n) is 0.540. The van der Waals surface area contributed by atoms with Gasteiger partial charge < -0.3 is 0 Å². The second-order valence-corrected chi connectivity index (χ2v) is 1.86. The van der Waals surface area contributed by atoms with E-state index in [4.69, 9.17) is 0 Å². The van der Waals surface area contributed by atoms with Gasteiger partial charge in [-0.2, -0.15) is 5.10 Å². The zero-order valence-corrected chi connectivity index (χ0v) is 7.21. The molecule has 0 aliphatic carbocycles. The van der Waals surface area contributed by atoms with Crippen LogP contribution in [-0.4, -0.2) is 10.2 Å². The van der Waals surface area contributed by atoms with E-state index >= 15 is 0 Å². The first-order chi connectivity index (χ1) is 3.39. The molecule has 0 saturated carbocycles. The van der Waals surface area contributed by atoms with Crippen LogP contribution in [0.15, 0.2) is 22.9 Å². The molecule has 0 aliphatic rings. The Balaban J connectivity index is 0.000000490. The van der Waals surface area contributed by atoms with Gasteiger partial charge in [0, 0.05) is 6.20 Å². The lowest BCUT2D eigenvalue weighted by molar-refractivity contribution is 1.00. The van der Waals surface area contributed by atoms with Gasteiger partial charge in [0.15, 0.2) is 0 Å². The molecule has 0 aromatic carbocycles. The number of halogens is 2. The van der Waals surface area contributed by atoms with Gasteiger partial charge in [-0.3, -0.25) is 0 Å². The van der Waals surface area contributed by atoms with E-state index in [-0.39, 0.29) is 17.0 Å². The monoisotopic (exact) mass is 238 g/mol. The van der Waals surface area contributed by atoms with Crippen LogP contribution in [0.2, 0.25) is 0 Å². The van der Waals surface area contributed by atoms with E-state index in [1.165, 1.54) is 0 Å². The van der Waals surface area contributed by atoms with Crippen molar-refractivity contribution in [2.24, 2.45) is 0 Å². The Kier molecular flexibility index (Phi) is 3.99. The molecule has 8 heavy (non-hydrogen) atoms. The van der Waals surface area contributed by atoms with Gasteiger partial charge in [0.05, 0.1) is 0 Å². The minimum absolute atomic E-state index is 0. The Bertz CT molecular complexity index is 142. The molecule has 0 atom stereocenters. The van der Waals surface area contributed by atoms with Crippen LogP contribution in [-0.2, 0) is 0 Å². The summed E-state index contributed by atoms with van der Waals surface area (Å²) in [5, 5.41) is 7.23. The molecule has 0 bridgehead atoms. The van der Waals surface area contributed by atoms with Crippen molar-refractivity contribution < 1.29 is 0 Å². The van der Waals surface area contributed by atoms with E-state index in [9.17, 15) is 0 Å². The molecule has 1 aromatic heterocycles. The Morgan fingerprint density at radius 2 is 2.25 bits per heavy atom. The lowest BCUT2D eigenvalue weighted by atomic mass is 10.6. The minimum atomic E-state index is 0. The van der Waals surface area contributed by atoms with E-state index in [0.717, 1.165) is 4.60 Å². The van der Waals surface area contributed by atoms with Crippen molar-refractivity contribution in [1.29, 1.82) is 0 Å². The second kappa shape index (κ2) is 3.97. The molecule has 4 heteroatoms. The summed E-state index contributed by atoms with van der Waals surface area (Å²) in [5.74, 6) is 0. The largest absolute Gasteiger partial charge is 0.158 e. The molecule has 0 N–H and O–H groups in total. The summed E-state index contributed by atoms with van der Waals surface area (Å²) in [6.45, 7) is 0. The van der Waals surface area contributed by atoms with E-state index in [1.54, 1.807) is 6.20 Å². The van der Waals surface area contributed by atoms with E-state index in [1.807, 2.05) is 12.1 Å². The molecule has 0 fully saturated rings. The number of nitrogens with zero attached hydrogens (tertiary/aromatic N) is 2. The van der Waals surface area contributed by atoms with Crippen LogP contribution in [0.5, 0.6) is 0 Å². The highest BCUT2D eigenvalue weighted by atomic mass is 79.9. The topological polar surface area (TPSA) is 25.8 Å². The summed E-state index contributed by atoms with van der Waals surface area (Å²) in [7, 11) is 0. The first kappa shape index (κ1) is 8.04. The smallest absolute Gasteiger partial charge is 0.128 e. The number of hydrogen-bond acceptors (Lipinski definition) is 2. The third-order valence-corrected chi connectivity index (χ3v) is 0.963. The van der Waals surface area contributed by atoms with Crippen molar-refractivity contribution in [3.8, 4) is 0 Å². The predicted octanol–water partition coefficient (Wildman–Crippen LogP) is 1.82. The molecule has 0 radical (unpaired) electrons. The van der Waals surface area contributed by atoms with Crippen LogP contribution in [0, 0.1) is 0 Å². The highest BCUT2D eigenvalue weighted by molar-refractivity contribution is 9.10. The Labute approximate surface area is 66.2 Å². The maximum atomic E-state index is 3.65. The van der Waals surface area contributed by atoms with E-state index < -0.39 is 0 Å². The van der Waals surface area contributed by atoms with Gasteiger partial charge >= 0.3 is 0 Å². The van der Waals surface area contributed by atoms with Crippen molar-refractivity contribution in [1.82, 2.24) is 10.2 Å². The van der Waals surface area contributed by atoms with Gasteiger partial charge in [-0.15, -0.1) is 22.1 Å². The molecule has 0 amide bonds. The molecule has 0 unspecified atom stereocenters. The summed E-state index contributed by atoms with van der Waals surface area (Å²) < 4.78 is 0.773. The van der Waals surface area contributed by atoms with Crippen molar-refractivity contribution in [3.05, 3.63) is 22.9 Å². The highest BCUT2D eigenvalue weighted by Gasteiger charge is 1.77. The van der Waals surface area contributed by atoms with E-state index in [2.05, 4.69) is 26.1 Å². The average Bonchev–Trinajstić information content (AvgIpc) is 1.69. The lowest BCUT2D eigenvalue weighted by Gasteiger charge is -1.78. The van der Waals surface area contributed by atoms with E-state index in [0.29, 0.717) is 0 Å². The molecule has 1 aromatic rings. The number of hydrogen-bond donors (Lipinski definition) is 0. The third kappa shape index (κ3) is 2.37. The van der Waals surface area contributed by atoms with Gasteiger partial charge in [-0.1, -0.05) is 0 Å². The summed E-state index contributed by atoms with van der Waals surface area (Å²) in [5.41, 5.74) is 0.